The fraction of sp³-hybridized carbons (Fsp3) is 1.00. The molecule has 1 aliphatic rings. The molecular formula is C2H4O3S. The van der Waals surface area contributed by atoms with Crippen molar-refractivity contribution in [1.82, 2.24) is 0 Å². The molecule has 0 aliphatic carbocycles. The van der Waals surface area contributed by atoms with Gasteiger partial charge in [-0.25, -0.2) is 0 Å². The standard InChI is InChI=1S/C2H4O3S/c3-2(1-6)4-5-2/h3,6H,1H2. The third kappa shape index (κ3) is 0.652. The molecule has 0 spiro atoms. The van der Waals surface area contributed by atoms with Gasteiger partial charge in [-0.3, -0.25) is 0 Å². The maximum Gasteiger partial charge on any atom is 0.346 e. The van der Waals surface area contributed by atoms with Gasteiger partial charge in [-0.1, -0.05) is 0 Å². The first-order valence-corrected chi connectivity index (χ1v) is 2.10. The summed E-state index contributed by atoms with van der Waals surface area (Å²) in [6, 6.07) is 0. The van der Waals surface area contributed by atoms with Gasteiger partial charge in [-0.2, -0.15) is 22.4 Å². The Bertz CT molecular complexity index is 59.8. The quantitative estimate of drug-likeness (QED) is 0.271. The Morgan fingerprint density at radius 3 is 2.17 bits per heavy atom. The predicted molar refractivity (Wildman–Crippen MR) is 21.0 cm³/mol. The average Bonchev–Trinajstić information content (AvgIpc) is 2.22. The Labute approximate surface area is 40.2 Å². The van der Waals surface area contributed by atoms with Crippen LogP contribution in [-0.2, 0) is 9.78 Å². The molecule has 1 saturated heterocycles. The van der Waals surface area contributed by atoms with Crippen molar-refractivity contribution in [3.8, 4) is 0 Å². The molecule has 0 bridgehead atoms. The van der Waals surface area contributed by atoms with E-state index >= 15 is 0 Å². The number of hydrogen-bond acceptors (Lipinski definition) is 4. The molecule has 0 aromatic heterocycles. The van der Waals surface area contributed by atoms with Gasteiger partial charge in [-0.15, -0.1) is 0 Å². The van der Waals surface area contributed by atoms with Crippen LogP contribution in [0, 0.1) is 0 Å². The molecule has 1 aliphatic heterocycles. The van der Waals surface area contributed by atoms with Gasteiger partial charge in [0.1, 0.15) is 0 Å². The van der Waals surface area contributed by atoms with E-state index in [4.69, 9.17) is 5.11 Å². The number of hydrogen-bond donors (Lipinski definition) is 2. The van der Waals surface area contributed by atoms with E-state index in [1.54, 1.807) is 0 Å². The van der Waals surface area contributed by atoms with Gasteiger partial charge >= 0.3 is 5.97 Å². The summed E-state index contributed by atoms with van der Waals surface area (Å²) >= 11 is 3.66. The highest BCUT2D eigenvalue weighted by atomic mass is 32.1. The van der Waals surface area contributed by atoms with Crippen LogP contribution < -0.4 is 0 Å². The maximum atomic E-state index is 8.42. The molecule has 0 unspecified atom stereocenters. The van der Waals surface area contributed by atoms with Gasteiger partial charge in [0.2, 0.25) is 0 Å². The highest BCUT2D eigenvalue weighted by Gasteiger charge is 2.45. The third-order valence-corrected chi connectivity index (χ3v) is 0.875. The molecule has 6 heavy (non-hydrogen) atoms. The van der Waals surface area contributed by atoms with Crippen LogP contribution in [0.5, 0.6) is 0 Å². The summed E-state index contributed by atoms with van der Waals surface area (Å²) in [5, 5.41) is 8.42. The Morgan fingerprint density at radius 2 is 2.17 bits per heavy atom. The lowest BCUT2D eigenvalue weighted by molar-refractivity contribution is 0.0563. The topological polar surface area (TPSA) is 45.3 Å². The van der Waals surface area contributed by atoms with Gasteiger partial charge in [0, 0.05) is 0 Å². The molecule has 0 radical (unpaired) electrons. The van der Waals surface area contributed by atoms with Gasteiger partial charge in [0.05, 0.1) is 5.75 Å². The van der Waals surface area contributed by atoms with E-state index in [2.05, 4.69) is 22.4 Å². The molecule has 0 amide bonds. The molecular weight excluding hydrogens is 104 g/mol. The van der Waals surface area contributed by atoms with E-state index in [0.717, 1.165) is 0 Å². The zero-order valence-electron chi connectivity index (χ0n) is 2.92. The normalized spacial score (nSPS) is 27.0. The molecule has 0 aromatic carbocycles. The number of thiol groups is 1. The Kier molecular flexibility index (Phi) is 0.804. The molecule has 1 fully saturated rings. The van der Waals surface area contributed by atoms with Crippen molar-refractivity contribution in [3.05, 3.63) is 0 Å². The minimum atomic E-state index is -1.34. The van der Waals surface area contributed by atoms with E-state index in [0.29, 0.717) is 0 Å². The van der Waals surface area contributed by atoms with Crippen molar-refractivity contribution in [2.45, 2.75) is 5.97 Å². The SMILES string of the molecule is OC1(CS)OO1. The molecule has 0 saturated carbocycles. The molecule has 0 atom stereocenters. The molecule has 1 N–H and O–H groups in total. The van der Waals surface area contributed by atoms with Crippen molar-refractivity contribution in [2.75, 3.05) is 5.75 Å². The van der Waals surface area contributed by atoms with E-state index in [1.165, 1.54) is 0 Å². The van der Waals surface area contributed by atoms with Gasteiger partial charge in [-0.05, 0) is 0 Å². The third-order valence-electron chi connectivity index (χ3n) is 0.476. The molecule has 0 aromatic rings. The van der Waals surface area contributed by atoms with Crippen LogP contribution in [0.1, 0.15) is 0 Å². The Morgan fingerprint density at radius 1 is 1.67 bits per heavy atom. The first-order valence-electron chi connectivity index (χ1n) is 1.47. The highest BCUT2D eigenvalue weighted by molar-refractivity contribution is 7.80. The fourth-order valence-electron chi connectivity index (χ4n) is 0.101. The zero-order valence-corrected chi connectivity index (χ0v) is 3.81. The summed E-state index contributed by atoms with van der Waals surface area (Å²) in [7, 11) is 0. The summed E-state index contributed by atoms with van der Waals surface area (Å²) in [6.07, 6.45) is 0. The van der Waals surface area contributed by atoms with Crippen LogP contribution in [0.3, 0.4) is 0 Å². The fourth-order valence-corrected chi connectivity index (χ4v) is 0.206. The van der Waals surface area contributed by atoms with Gasteiger partial charge in [0.15, 0.2) is 0 Å². The summed E-state index contributed by atoms with van der Waals surface area (Å²) in [6.45, 7) is 0. The second-order valence-electron chi connectivity index (χ2n) is 1.04. The molecule has 1 rings (SSSR count). The van der Waals surface area contributed by atoms with Crippen LogP contribution in [0.2, 0.25) is 0 Å². The summed E-state index contributed by atoms with van der Waals surface area (Å²) in [4.78, 5) is 8.05. The predicted octanol–water partition coefficient (Wildman–Crippen LogP) is -0.476. The monoisotopic (exact) mass is 108 g/mol. The Balaban J connectivity index is 2.28. The maximum absolute atomic E-state index is 8.42. The summed E-state index contributed by atoms with van der Waals surface area (Å²) < 4.78 is 0. The molecule has 1 heterocycles. The lowest BCUT2D eigenvalue weighted by Gasteiger charge is -1.83. The van der Waals surface area contributed by atoms with Crippen LogP contribution in [0.25, 0.3) is 0 Å². The Hall–Kier alpha value is 0.230. The second-order valence-corrected chi connectivity index (χ2v) is 1.35. The number of aliphatic hydroxyl groups is 1. The van der Waals surface area contributed by atoms with Gasteiger partial charge < -0.3 is 5.11 Å². The second kappa shape index (κ2) is 1.10. The minimum absolute atomic E-state index is 0.188. The van der Waals surface area contributed by atoms with Crippen molar-refractivity contribution >= 4 is 12.6 Å². The van der Waals surface area contributed by atoms with E-state index in [1.807, 2.05) is 0 Å². The average molecular weight is 108 g/mol. The van der Waals surface area contributed by atoms with E-state index in [9.17, 15) is 0 Å². The number of rotatable bonds is 1. The molecule has 3 nitrogen and oxygen atoms in total. The van der Waals surface area contributed by atoms with Crippen molar-refractivity contribution in [2.24, 2.45) is 0 Å². The zero-order chi connectivity index (χ0) is 4.62. The highest BCUT2D eigenvalue weighted by Crippen LogP contribution is 2.25. The van der Waals surface area contributed by atoms with Crippen LogP contribution in [0.15, 0.2) is 0 Å². The van der Waals surface area contributed by atoms with E-state index < -0.39 is 5.97 Å². The smallest absolute Gasteiger partial charge is 0.339 e. The van der Waals surface area contributed by atoms with Crippen LogP contribution in [0.4, 0.5) is 0 Å². The van der Waals surface area contributed by atoms with Crippen molar-refractivity contribution in [3.63, 3.8) is 0 Å². The van der Waals surface area contributed by atoms with Crippen LogP contribution in [-0.4, -0.2) is 16.8 Å². The van der Waals surface area contributed by atoms with Crippen molar-refractivity contribution in [1.29, 1.82) is 0 Å². The van der Waals surface area contributed by atoms with Gasteiger partial charge in [0.25, 0.3) is 0 Å². The lowest BCUT2D eigenvalue weighted by Crippen LogP contribution is -2.08. The summed E-state index contributed by atoms with van der Waals surface area (Å²) in [5.74, 6) is -1.16. The summed E-state index contributed by atoms with van der Waals surface area (Å²) in [5.41, 5.74) is 0. The van der Waals surface area contributed by atoms with Crippen LogP contribution >= 0.6 is 12.6 Å². The largest absolute Gasteiger partial charge is 0.346 e. The molecule has 36 valence electrons. The van der Waals surface area contributed by atoms with Crippen molar-refractivity contribution < 1.29 is 14.9 Å². The lowest BCUT2D eigenvalue weighted by atomic mass is 10.7. The first-order chi connectivity index (χ1) is 2.77. The first kappa shape index (κ1) is 4.39. The minimum Gasteiger partial charge on any atom is -0.339 e. The van der Waals surface area contributed by atoms with E-state index in [-0.39, 0.29) is 5.75 Å². The molecule has 4 heteroatoms.